The minimum Gasteiger partial charge on any atom is -0.490 e. The van der Waals surface area contributed by atoms with E-state index in [2.05, 4.69) is 27.2 Å². The second-order valence-electron chi connectivity index (χ2n) is 9.61. The molecular formula is C26H25ClN6O4. The van der Waals surface area contributed by atoms with E-state index in [0.29, 0.717) is 52.3 Å². The van der Waals surface area contributed by atoms with Gasteiger partial charge in [0.1, 0.15) is 30.1 Å². The third kappa shape index (κ3) is 4.89. The van der Waals surface area contributed by atoms with Crippen molar-refractivity contribution in [3.05, 3.63) is 59.1 Å². The molecule has 1 atom stereocenters. The molecule has 6 rings (SSSR count). The van der Waals surface area contributed by atoms with E-state index < -0.39 is 6.09 Å². The molecule has 10 nitrogen and oxygen atoms in total. The highest BCUT2D eigenvalue weighted by atomic mass is 35.5. The highest BCUT2D eigenvalue weighted by molar-refractivity contribution is 6.33. The smallest absolute Gasteiger partial charge is 0.407 e. The number of benzene rings is 1. The first-order valence-corrected chi connectivity index (χ1v) is 12.4. The molecule has 0 spiro atoms. The van der Waals surface area contributed by atoms with E-state index in [0.717, 1.165) is 24.1 Å². The van der Waals surface area contributed by atoms with Gasteiger partial charge in [-0.25, -0.2) is 14.8 Å². The molecule has 2 aliphatic rings. The molecule has 1 saturated carbocycles. The van der Waals surface area contributed by atoms with E-state index in [1.807, 2.05) is 35.8 Å². The molecule has 0 radical (unpaired) electrons. The minimum absolute atomic E-state index is 0.219. The van der Waals surface area contributed by atoms with Crippen molar-refractivity contribution >= 4 is 28.9 Å². The number of fused-ring (bicyclic) bond motifs is 1. The summed E-state index contributed by atoms with van der Waals surface area (Å²) < 4.78 is 19.1. The van der Waals surface area contributed by atoms with E-state index in [-0.39, 0.29) is 18.3 Å². The lowest BCUT2D eigenvalue weighted by molar-refractivity contribution is 0.105. The highest BCUT2D eigenvalue weighted by Crippen LogP contribution is 2.41. The second-order valence-corrected chi connectivity index (χ2v) is 10.0. The molecule has 4 heterocycles. The zero-order valence-electron chi connectivity index (χ0n) is 20.4. The summed E-state index contributed by atoms with van der Waals surface area (Å²) in [6, 6.07) is 9.38. The minimum atomic E-state index is -0.439. The molecule has 2 fully saturated rings. The number of carbonyl (C=O) groups excluding carboxylic acids is 1. The van der Waals surface area contributed by atoms with E-state index >= 15 is 0 Å². The average molecular weight is 521 g/mol. The normalized spacial score (nSPS) is 17.9. The second kappa shape index (κ2) is 9.19. The number of rotatable bonds is 8. The molecule has 1 aliphatic carbocycles. The van der Waals surface area contributed by atoms with Gasteiger partial charge in [-0.2, -0.15) is 4.98 Å². The van der Waals surface area contributed by atoms with Crippen LogP contribution < -0.4 is 14.8 Å². The maximum Gasteiger partial charge on any atom is 0.407 e. The number of alkyl carbamates (subject to hydrolysis) is 1. The van der Waals surface area contributed by atoms with Gasteiger partial charge in [-0.15, -0.1) is 0 Å². The SMILES string of the molecule is Cc1ccnc(Cn2c(-c3ccc(OC[C@H]4CNC(=O)O4)cc3Cl)nc3c(OC4(C)CC4)ncnc32)c1. The zero-order chi connectivity index (χ0) is 25.6. The van der Waals surface area contributed by atoms with Gasteiger partial charge in [0.15, 0.2) is 17.3 Å². The molecular weight excluding hydrogens is 496 g/mol. The van der Waals surface area contributed by atoms with Gasteiger partial charge >= 0.3 is 6.09 Å². The largest absolute Gasteiger partial charge is 0.490 e. The maximum atomic E-state index is 11.2. The first-order chi connectivity index (χ1) is 17.9. The van der Waals surface area contributed by atoms with Crippen molar-refractivity contribution in [2.24, 2.45) is 0 Å². The van der Waals surface area contributed by atoms with Crippen molar-refractivity contribution < 1.29 is 19.0 Å². The maximum absolute atomic E-state index is 11.2. The van der Waals surface area contributed by atoms with Crippen LogP contribution in [0.2, 0.25) is 5.02 Å². The molecule has 4 aromatic rings. The number of halogens is 1. The van der Waals surface area contributed by atoms with Crippen LogP contribution in [-0.2, 0) is 11.3 Å². The van der Waals surface area contributed by atoms with E-state index in [1.54, 1.807) is 12.3 Å². The van der Waals surface area contributed by atoms with Crippen molar-refractivity contribution in [1.82, 2.24) is 29.8 Å². The third-order valence-corrected chi connectivity index (χ3v) is 6.77. The van der Waals surface area contributed by atoms with Crippen LogP contribution in [0.1, 0.15) is 31.0 Å². The fourth-order valence-electron chi connectivity index (χ4n) is 4.19. The van der Waals surface area contributed by atoms with Crippen molar-refractivity contribution in [2.75, 3.05) is 13.2 Å². The Bertz CT molecular complexity index is 1500. The predicted octanol–water partition coefficient (Wildman–Crippen LogP) is 4.32. The molecule has 0 bridgehead atoms. The summed E-state index contributed by atoms with van der Waals surface area (Å²) in [5, 5.41) is 3.06. The first-order valence-electron chi connectivity index (χ1n) is 12.1. The summed E-state index contributed by atoms with van der Waals surface area (Å²) >= 11 is 6.75. The number of nitrogens with one attached hydrogen (secondary N) is 1. The molecule has 11 heteroatoms. The van der Waals surface area contributed by atoms with Crippen molar-refractivity contribution in [3.8, 4) is 23.0 Å². The standard InChI is InChI=1S/C26H25ClN6O4/c1-15-5-8-28-16(9-15)12-33-22(32-21-23(33)30-14-31-24(21)37-26(2)6-7-26)19-4-3-17(10-20(19)27)35-13-18-11-29-25(34)36-18/h3-5,8-10,14,18H,6-7,11-13H2,1-2H3,(H,29,34)/t18-/m1/s1. The number of cyclic esters (lactones) is 1. The number of nitrogens with zero attached hydrogens (tertiary/aromatic N) is 5. The molecule has 1 amide bonds. The number of pyridine rings is 1. The summed E-state index contributed by atoms with van der Waals surface area (Å²) in [6.45, 7) is 5.16. The van der Waals surface area contributed by atoms with Crippen LogP contribution in [0.3, 0.4) is 0 Å². The Morgan fingerprint density at radius 1 is 1.22 bits per heavy atom. The number of aryl methyl sites for hydroxylation is 1. The summed E-state index contributed by atoms with van der Waals surface area (Å²) in [5.74, 6) is 1.64. The van der Waals surface area contributed by atoms with Gasteiger partial charge in [0.2, 0.25) is 5.88 Å². The van der Waals surface area contributed by atoms with E-state index in [1.165, 1.54) is 6.33 Å². The van der Waals surface area contributed by atoms with Crippen LogP contribution in [-0.4, -0.2) is 55.5 Å². The molecule has 190 valence electrons. The Hall–Kier alpha value is -3.92. The average Bonchev–Trinajstić information content (AvgIpc) is 3.27. The fourth-order valence-corrected chi connectivity index (χ4v) is 4.44. The fraction of sp³-hybridized carbons (Fsp3) is 0.346. The van der Waals surface area contributed by atoms with Gasteiger partial charge in [0, 0.05) is 11.8 Å². The van der Waals surface area contributed by atoms with Gasteiger partial charge < -0.3 is 24.1 Å². The molecule has 1 aliphatic heterocycles. The van der Waals surface area contributed by atoms with Gasteiger partial charge in [-0.3, -0.25) is 4.98 Å². The van der Waals surface area contributed by atoms with Gasteiger partial charge in [0.25, 0.3) is 0 Å². The number of imidazole rings is 1. The number of amides is 1. The summed E-state index contributed by atoms with van der Waals surface area (Å²) in [7, 11) is 0. The van der Waals surface area contributed by atoms with Crippen LogP contribution in [0, 0.1) is 6.92 Å². The lowest BCUT2D eigenvalue weighted by atomic mass is 10.2. The summed E-state index contributed by atoms with van der Waals surface area (Å²) in [6.07, 6.45) is 4.45. The molecule has 0 unspecified atom stereocenters. The van der Waals surface area contributed by atoms with E-state index in [9.17, 15) is 4.79 Å². The van der Waals surface area contributed by atoms with Gasteiger partial charge in [0.05, 0.1) is 23.8 Å². The Kier molecular flexibility index (Phi) is 5.83. The number of hydrogen-bond donors (Lipinski definition) is 1. The Labute approximate surface area is 218 Å². The van der Waals surface area contributed by atoms with Gasteiger partial charge in [-0.05, 0) is 62.6 Å². The van der Waals surface area contributed by atoms with Crippen molar-refractivity contribution in [2.45, 2.75) is 44.9 Å². The van der Waals surface area contributed by atoms with Crippen LogP contribution in [0.25, 0.3) is 22.6 Å². The van der Waals surface area contributed by atoms with Crippen molar-refractivity contribution in [1.29, 1.82) is 0 Å². The third-order valence-electron chi connectivity index (χ3n) is 6.45. The van der Waals surface area contributed by atoms with Crippen molar-refractivity contribution in [3.63, 3.8) is 0 Å². The molecule has 1 aromatic carbocycles. The molecule has 1 N–H and O–H groups in total. The number of carbonyl (C=O) groups is 1. The quantitative estimate of drug-likeness (QED) is 0.365. The molecule has 37 heavy (non-hydrogen) atoms. The lowest BCUT2D eigenvalue weighted by Gasteiger charge is -2.13. The molecule has 1 saturated heterocycles. The number of aromatic nitrogens is 5. The topological polar surface area (TPSA) is 113 Å². The number of hydrogen-bond acceptors (Lipinski definition) is 8. The van der Waals surface area contributed by atoms with Crippen LogP contribution in [0.15, 0.2) is 42.9 Å². The van der Waals surface area contributed by atoms with Crippen LogP contribution >= 0.6 is 11.6 Å². The molecule has 3 aromatic heterocycles. The monoisotopic (exact) mass is 520 g/mol. The summed E-state index contributed by atoms with van der Waals surface area (Å²) in [4.78, 5) is 29.6. The first kappa shape index (κ1) is 23.5. The Morgan fingerprint density at radius 2 is 2.08 bits per heavy atom. The van der Waals surface area contributed by atoms with E-state index in [4.69, 9.17) is 30.8 Å². The highest BCUT2D eigenvalue weighted by Gasteiger charge is 2.41. The van der Waals surface area contributed by atoms with Gasteiger partial charge in [-0.1, -0.05) is 11.6 Å². The Morgan fingerprint density at radius 3 is 2.81 bits per heavy atom. The van der Waals surface area contributed by atoms with Crippen LogP contribution in [0.4, 0.5) is 4.79 Å². The number of ether oxygens (including phenoxy) is 3. The summed E-state index contributed by atoms with van der Waals surface area (Å²) in [5.41, 5.74) is 3.68. The van der Waals surface area contributed by atoms with Crippen LogP contribution in [0.5, 0.6) is 11.6 Å². The Balaban J connectivity index is 1.37. The lowest BCUT2D eigenvalue weighted by Crippen LogP contribution is -2.21. The predicted molar refractivity (Wildman–Crippen MR) is 136 cm³/mol. The zero-order valence-corrected chi connectivity index (χ0v) is 21.2.